The Morgan fingerprint density at radius 1 is 1.25 bits per heavy atom. The quantitative estimate of drug-likeness (QED) is 0.808. The van der Waals surface area contributed by atoms with E-state index in [1.807, 2.05) is 0 Å². The van der Waals surface area contributed by atoms with E-state index in [-0.39, 0.29) is 49.1 Å². The van der Waals surface area contributed by atoms with Gasteiger partial charge in [0.15, 0.2) is 0 Å². The average molecular weight is 310 g/mol. The number of hydrogen-bond acceptors (Lipinski definition) is 4. The molecule has 0 saturated heterocycles. The Labute approximate surface area is 140 Å². The van der Waals surface area contributed by atoms with Crippen LogP contribution in [0, 0.1) is 0 Å². The van der Waals surface area contributed by atoms with Crippen molar-refractivity contribution < 1.29 is 22.7 Å². The normalized spacial score (nSPS) is 10.6. The second-order valence-electron chi connectivity index (χ2n) is 3.28. The van der Waals surface area contributed by atoms with Crippen molar-refractivity contribution in [3.8, 4) is 5.75 Å². The van der Waals surface area contributed by atoms with Gasteiger partial charge in [-0.05, 0) is 12.1 Å². The van der Waals surface area contributed by atoms with Gasteiger partial charge in [-0.1, -0.05) is 12.1 Å². The molecular weight excluding hydrogens is 305 g/mol. The maximum atomic E-state index is 11.9. The van der Waals surface area contributed by atoms with Gasteiger partial charge < -0.3 is 30.3 Å². The Morgan fingerprint density at radius 3 is 2.40 bits per heavy atom. The molecule has 2 rings (SSSR count). The van der Waals surface area contributed by atoms with Crippen molar-refractivity contribution in [2.75, 3.05) is 0 Å². The number of carbonyl (C=O) groups is 1. The molecule has 0 aliphatic heterocycles. The van der Waals surface area contributed by atoms with Crippen molar-refractivity contribution in [2.24, 2.45) is 0 Å². The Morgan fingerprint density at radius 2 is 1.90 bits per heavy atom. The van der Waals surface area contributed by atoms with Gasteiger partial charge >= 0.3 is 44.1 Å². The van der Waals surface area contributed by atoms with E-state index in [1.165, 1.54) is 12.1 Å². The number of benzene rings is 1. The van der Waals surface area contributed by atoms with Crippen LogP contribution in [0.1, 0.15) is 10.5 Å². The minimum Gasteiger partial charge on any atom is -0.621 e. The minimum absolute atomic E-state index is 0. The summed E-state index contributed by atoms with van der Waals surface area (Å²) in [5.74, 6) is -1.08. The van der Waals surface area contributed by atoms with E-state index in [2.05, 4.69) is 25.5 Å². The number of nitrogens with zero attached hydrogens (tertiary/aromatic N) is 4. The SMILES string of the molecule is O=C([N-]c1ccc(OC(F)(F)F)cc1)c1cn[n-]n1.[Ca+2]. The van der Waals surface area contributed by atoms with E-state index in [9.17, 15) is 18.0 Å². The summed E-state index contributed by atoms with van der Waals surface area (Å²) < 4.78 is 39.4. The summed E-state index contributed by atoms with van der Waals surface area (Å²) in [5.41, 5.74) is 0.123. The van der Waals surface area contributed by atoms with Gasteiger partial charge in [-0.25, -0.2) is 0 Å². The molecule has 0 spiro atoms. The van der Waals surface area contributed by atoms with Crippen LogP contribution in [-0.2, 0) is 0 Å². The Hall–Kier alpha value is -1.32. The van der Waals surface area contributed by atoms with E-state index in [1.54, 1.807) is 0 Å². The standard InChI is InChI=1S/C10H6F3N4O2.Ca/c11-10(12,13)19-7-3-1-6(2-4-7)15-9(18)8-5-14-17-16-8;/h1-5H,(H-,14,15,16,17,18);/q-1;+2/p-1. The maximum absolute atomic E-state index is 11.9. The molecule has 20 heavy (non-hydrogen) atoms. The van der Waals surface area contributed by atoms with Crippen LogP contribution in [0.25, 0.3) is 5.32 Å². The maximum Gasteiger partial charge on any atom is 2.00 e. The Bertz CT molecular complexity index is 557. The van der Waals surface area contributed by atoms with Gasteiger partial charge in [-0.15, -0.1) is 18.9 Å². The fraction of sp³-hybridized carbons (Fsp3) is 0.100. The van der Waals surface area contributed by atoms with Gasteiger partial charge in [0, 0.05) is 6.20 Å². The summed E-state index contributed by atoms with van der Waals surface area (Å²) in [5, 5.41) is 13.6. The Balaban J connectivity index is 0.00000200. The Kier molecular flexibility index (Phi) is 5.78. The van der Waals surface area contributed by atoms with Crippen LogP contribution >= 0.6 is 0 Å². The molecule has 6 nitrogen and oxygen atoms in total. The first kappa shape index (κ1) is 16.7. The molecule has 0 N–H and O–H groups in total. The third-order valence-corrected chi connectivity index (χ3v) is 1.90. The van der Waals surface area contributed by atoms with Crippen molar-refractivity contribution in [3.05, 3.63) is 41.5 Å². The van der Waals surface area contributed by atoms with E-state index >= 15 is 0 Å². The van der Waals surface area contributed by atoms with Crippen LogP contribution in [0.2, 0.25) is 0 Å². The first-order valence-electron chi connectivity index (χ1n) is 4.87. The van der Waals surface area contributed by atoms with Crippen molar-refractivity contribution >= 4 is 49.3 Å². The van der Waals surface area contributed by atoms with Gasteiger partial charge in [0.2, 0.25) is 0 Å². The van der Waals surface area contributed by atoms with Crippen LogP contribution in [0.15, 0.2) is 30.5 Å². The number of hydrogen-bond donors (Lipinski definition) is 0. The molecule has 100 valence electrons. The largest absolute Gasteiger partial charge is 2.00 e. The number of alkyl halides is 3. The van der Waals surface area contributed by atoms with E-state index < -0.39 is 18.0 Å². The molecule has 10 heteroatoms. The summed E-state index contributed by atoms with van der Waals surface area (Å²) in [7, 11) is 0. The molecule has 0 saturated carbocycles. The summed E-state index contributed by atoms with van der Waals surface area (Å²) in [6.45, 7) is 0. The zero-order valence-corrected chi connectivity index (χ0v) is 12.0. The van der Waals surface area contributed by atoms with Gasteiger partial charge in [-0.3, -0.25) is 0 Å². The number of amides is 1. The third-order valence-electron chi connectivity index (χ3n) is 1.90. The van der Waals surface area contributed by atoms with Crippen molar-refractivity contribution in [1.29, 1.82) is 0 Å². The molecule has 1 amide bonds. The molecule has 0 aliphatic carbocycles. The van der Waals surface area contributed by atoms with Crippen LogP contribution in [0.4, 0.5) is 18.9 Å². The predicted octanol–water partition coefficient (Wildman–Crippen LogP) is 1.80. The van der Waals surface area contributed by atoms with E-state index in [0.29, 0.717) is 0 Å². The summed E-state index contributed by atoms with van der Waals surface area (Å²) in [4.78, 5) is 11.5. The molecule has 1 heterocycles. The molecule has 0 radical (unpaired) electrons. The number of rotatable bonds is 3. The molecule has 2 aromatic rings. The first-order chi connectivity index (χ1) is 8.94. The first-order valence-corrected chi connectivity index (χ1v) is 4.87. The van der Waals surface area contributed by atoms with E-state index in [0.717, 1.165) is 18.3 Å². The molecule has 1 aromatic heterocycles. The van der Waals surface area contributed by atoms with Crippen molar-refractivity contribution in [2.45, 2.75) is 6.36 Å². The summed E-state index contributed by atoms with van der Waals surface area (Å²) in [6.07, 6.45) is -3.63. The van der Waals surface area contributed by atoms with E-state index in [4.69, 9.17) is 0 Å². The molecule has 1 aromatic carbocycles. The average Bonchev–Trinajstić information content (AvgIpc) is 2.83. The van der Waals surface area contributed by atoms with Crippen LogP contribution in [0.5, 0.6) is 5.75 Å². The number of ether oxygens (including phenoxy) is 1. The van der Waals surface area contributed by atoms with Gasteiger partial charge in [-0.2, -0.15) is 0 Å². The minimum atomic E-state index is -4.76. The van der Waals surface area contributed by atoms with Crippen molar-refractivity contribution in [1.82, 2.24) is 15.4 Å². The molecule has 0 aliphatic rings. The fourth-order valence-corrected chi connectivity index (χ4v) is 1.18. The summed E-state index contributed by atoms with van der Waals surface area (Å²) in [6, 6.07) is 4.52. The molecule has 0 atom stereocenters. The van der Waals surface area contributed by atoms with Crippen LogP contribution in [-0.4, -0.2) is 60.2 Å². The van der Waals surface area contributed by atoms with Crippen LogP contribution in [0.3, 0.4) is 0 Å². The number of aromatic nitrogens is 3. The number of carbonyl (C=O) groups excluding carboxylic acids is 1. The summed E-state index contributed by atoms with van der Waals surface area (Å²) >= 11 is 0. The van der Waals surface area contributed by atoms with Crippen molar-refractivity contribution in [3.63, 3.8) is 0 Å². The second kappa shape index (κ2) is 6.91. The zero-order chi connectivity index (χ0) is 13.9. The smallest absolute Gasteiger partial charge is 0.621 e. The topological polar surface area (TPSA) is 80.3 Å². The van der Waals surface area contributed by atoms with Gasteiger partial charge in [0.25, 0.3) is 0 Å². The van der Waals surface area contributed by atoms with Crippen LogP contribution < -0.4 is 9.95 Å². The van der Waals surface area contributed by atoms with Gasteiger partial charge in [0.05, 0.1) is 5.69 Å². The monoisotopic (exact) mass is 310 g/mol. The second-order valence-corrected chi connectivity index (χ2v) is 3.28. The molecule has 0 bridgehead atoms. The molecule has 0 unspecified atom stereocenters. The zero-order valence-electron chi connectivity index (χ0n) is 9.83. The van der Waals surface area contributed by atoms with Gasteiger partial charge in [0.1, 0.15) is 11.7 Å². The fourth-order valence-electron chi connectivity index (χ4n) is 1.18. The predicted molar refractivity (Wildman–Crippen MR) is 61.6 cm³/mol. The third kappa shape index (κ3) is 4.99. The number of halogens is 3. The molecule has 0 fully saturated rings. The molecular formula is C10H5CaF3N4O2.